The van der Waals surface area contributed by atoms with Crippen LogP contribution in [0.1, 0.15) is 94.2 Å². The number of hydrogen-bond acceptors (Lipinski definition) is 7. The van der Waals surface area contributed by atoms with Crippen molar-refractivity contribution >= 4 is 36.3 Å². The van der Waals surface area contributed by atoms with Gasteiger partial charge in [0.25, 0.3) is 0 Å². The van der Waals surface area contributed by atoms with E-state index in [0.717, 1.165) is 23.0 Å². The average molecular weight is 701 g/mol. The summed E-state index contributed by atoms with van der Waals surface area (Å²) in [6.07, 6.45) is 7.94. The molecular formula is C44H60O7. The highest BCUT2D eigenvalue weighted by Crippen LogP contribution is 2.30. The van der Waals surface area contributed by atoms with Crippen LogP contribution in [0.4, 0.5) is 0 Å². The van der Waals surface area contributed by atoms with Crippen molar-refractivity contribution in [3.8, 4) is 28.4 Å². The lowest BCUT2D eigenvalue weighted by molar-refractivity contribution is -0.132. The molecule has 0 spiro atoms. The molecule has 0 N–H and O–H groups in total. The normalized spacial score (nSPS) is 8.55. The first-order valence-corrected chi connectivity index (χ1v) is 16.6. The van der Waals surface area contributed by atoms with Crippen LogP contribution >= 0.6 is 0 Å². The highest BCUT2D eigenvalue weighted by atomic mass is 16.5. The monoisotopic (exact) mass is 700 g/mol. The van der Waals surface area contributed by atoms with Crippen LogP contribution in [-0.2, 0) is 19.2 Å². The maximum atomic E-state index is 12.2. The lowest BCUT2D eigenvalue weighted by Crippen LogP contribution is -2.09. The Labute approximate surface area is 308 Å². The Morgan fingerprint density at radius 2 is 0.941 bits per heavy atom. The molecule has 3 rings (SSSR count). The minimum atomic E-state index is -0.525. The van der Waals surface area contributed by atoms with Gasteiger partial charge in [-0.15, -0.1) is 19.7 Å². The molecule has 0 aliphatic carbocycles. The van der Waals surface area contributed by atoms with Crippen LogP contribution in [0, 0.1) is 0 Å². The molecule has 3 aromatic carbocycles. The van der Waals surface area contributed by atoms with Crippen LogP contribution in [0.2, 0.25) is 0 Å². The molecule has 0 saturated carbocycles. The van der Waals surface area contributed by atoms with Crippen molar-refractivity contribution in [2.75, 3.05) is 0 Å². The zero-order chi connectivity index (χ0) is 40.4. The fourth-order valence-corrected chi connectivity index (χ4v) is 3.01. The van der Waals surface area contributed by atoms with Crippen molar-refractivity contribution in [1.29, 1.82) is 0 Å². The average Bonchev–Trinajstić information content (AvgIpc) is 3.07. The maximum Gasteiger partial charge on any atom is 0.338 e. The molecule has 0 aliphatic heterocycles. The SMILES string of the molecule is C=C(C)C.C=C(C)C(=O)Oc1cc(-c2ccc(OC(C)=O)cc2)ccc1/C=C/c1ccc(OC(C)=O)cc1.C=CC.C=CC.CC.CC.CC=O. The molecule has 0 unspecified atom stereocenters. The highest BCUT2D eigenvalue weighted by Gasteiger charge is 2.11. The standard InChI is InChI=1S/C28H24O6.C4H8.2C3H6.C2H4O.2C2H6/c1-18(2)28(31)34-27-17-24(22-11-15-26(16-12-22)33-20(4)30)10-9-23(27)8-5-21-6-13-25(14-7-21)32-19(3)29;1-4(2)3;2*1-3-2;1-2-3;2*1-2/h5-17H,1H2,2-4H3;1H2,2-3H3;2*3H,1H2,2H3;2H,1H3;2*1-2H3/b8-5+;;;;;;. The van der Waals surface area contributed by atoms with Gasteiger partial charge in [-0.3, -0.25) is 9.59 Å². The largest absolute Gasteiger partial charge is 0.427 e. The molecular weight excluding hydrogens is 640 g/mol. The number of allylic oxidation sites excluding steroid dienone is 3. The lowest BCUT2D eigenvalue weighted by atomic mass is 10.0. The number of aldehydes is 1. The Bertz CT molecular complexity index is 1480. The van der Waals surface area contributed by atoms with Crippen LogP contribution in [-0.4, -0.2) is 24.2 Å². The Morgan fingerprint density at radius 1 is 0.588 bits per heavy atom. The Morgan fingerprint density at radius 3 is 1.29 bits per heavy atom. The quantitative estimate of drug-likeness (QED) is 0.0604. The van der Waals surface area contributed by atoms with Crippen molar-refractivity contribution in [3.05, 3.63) is 127 Å². The molecule has 0 aromatic heterocycles. The number of rotatable bonds is 7. The minimum Gasteiger partial charge on any atom is -0.427 e. The second-order valence-electron chi connectivity index (χ2n) is 9.80. The lowest BCUT2D eigenvalue weighted by Gasteiger charge is -2.11. The van der Waals surface area contributed by atoms with Gasteiger partial charge in [0, 0.05) is 25.0 Å². The third-order valence-electron chi connectivity index (χ3n) is 4.61. The molecule has 0 fully saturated rings. The van der Waals surface area contributed by atoms with Crippen LogP contribution in [0.3, 0.4) is 0 Å². The second kappa shape index (κ2) is 34.3. The number of carbonyl (C=O) groups excluding carboxylic acids is 4. The summed E-state index contributed by atoms with van der Waals surface area (Å²) in [7, 11) is 0. The van der Waals surface area contributed by atoms with Gasteiger partial charge in [0.15, 0.2) is 0 Å². The predicted molar refractivity (Wildman–Crippen MR) is 217 cm³/mol. The highest BCUT2D eigenvalue weighted by molar-refractivity contribution is 5.90. The minimum absolute atomic E-state index is 0.284. The van der Waals surface area contributed by atoms with Gasteiger partial charge in [-0.2, -0.15) is 0 Å². The van der Waals surface area contributed by atoms with Gasteiger partial charge in [0.05, 0.1) is 0 Å². The number of hydrogen-bond donors (Lipinski definition) is 0. The third-order valence-corrected chi connectivity index (χ3v) is 4.61. The van der Waals surface area contributed by atoms with E-state index in [0.29, 0.717) is 22.8 Å². The van der Waals surface area contributed by atoms with Crippen LogP contribution in [0.5, 0.6) is 17.2 Å². The Balaban J connectivity index is -0.000000552. The summed E-state index contributed by atoms with van der Waals surface area (Å²) in [5.74, 6) is -0.00776. The molecule has 0 aliphatic rings. The summed E-state index contributed by atoms with van der Waals surface area (Å²) in [6, 6.07) is 19.6. The number of benzene rings is 3. The first-order chi connectivity index (χ1) is 24.2. The fraction of sp³-hybridized carbons (Fsp3) is 0.273. The summed E-state index contributed by atoms with van der Waals surface area (Å²) in [5, 5.41) is 0. The van der Waals surface area contributed by atoms with Gasteiger partial charge in [0.1, 0.15) is 23.5 Å². The van der Waals surface area contributed by atoms with Crippen LogP contribution in [0.25, 0.3) is 23.3 Å². The summed E-state index contributed by atoms with van der Waals surface area (Å²) in [4.78, 5) is 43.2. The molecule has 51 heavy (non-hydrogen) atoms. The zero-order valence-corrected chi connectivity index (χ0v) is 32.9. The van der Waals surface area contributed by atoms with E-state index in [1.54, 1.807) is 49.4 Å². The summed E-state index contributed by atoms with van der Waals surface area (Å²) < 4.78 is 15.7. The van der Waals surface area contributed by atoms with Crippen molar-refractivity contribution < 1.29 is 33.4 Å². The first-order valence-electron chi connectivity index (χ1n) is 16.6. The van der Waals surface area contributed by atoms with E-state index in [1.807, 2.05) is 104 Å². The van der Waals surface area contributed by atoms with Crippen LogP contribution in [0.15, 0.2) is 116 Å². The van der Waals surface area contributed by atoms with Gasteiger partial charge in [-0.1, -0.05) is 101 Å². The van der Waals surface area contributed by atoms with E-state index >= 15 is 0 Å². The predicted octanol–water partition coefficient (Wildman–Crippen LogP) is 12.1. The van der Waals surface area contributed by atoms with E-state index in [1.165, 1.54) is 26.3 Å². The van der Waals surface area contributed by atoms with E-state index in [2.05, 4.69) is 26.3 Å². The first kappa shape index (κ1) is 52.3. The fourth-order valence-electron chi connectivity index (χ4n) is 3.01. The zero-order valence-electron chi connectivity index (χ0n) is 32.9. The second-order valence-corrected chi connectivity index (χ2v) is 9.80. The van der Waals surface area contributed by atoms with Gasteiger partial charge >= 0.3 is 17.9 Å². The topological polar surface area (TPSA) is 96.0 Å². The van der Waals surface area contributed by atoms with Crippen molar-refractivity contribution in [2.45, 2.75) is 83.1 Å². The van der Waals surface area contributed by atoms with Gasteiger partial charge in [-0.25, -0.2) is 4.79 Å². The summed E-state index contributed by atoms with van der Waals surface area (Å²) >= 11 is 0. The molecule has 0 bridgehead atoms. The molecule has 278 valence electrons. The number of ether oxygens (including phenoxy) is 3. The number of esters is 3. The molecule has 7 heteroatoms. The Hall–Kier alpha value is -5.56. The number of carbonyl (C=O) groups is 4. The van der Waals surface area contributed by atoms with Gasteiger partial charge in [0.2, 0.25) is 0 Å². The maximum absolute atomic E-state index is 12.2. The van der Waals surface area contributed by atoms with Crippen molar-refractivity contribution in [3.63, 3.8) is 0 Å². The third kappa shape index (κ3) is 29.1. The smallest absolute Gasteiger partial charge is 0.338 e. The van der Waals surface area contributed by atoms with E-state index in [-0.39, 0.29) is 17.5 Å². The molecule has 0 amide bonds. The van der Waals surface area contributed by atoms with E-state index in [4.69, 9.17) is 19.0 Å². The molecule has 0 radical (unpaired) electrons. The van der Waals surface area contributed by atoms with Crippen molar-refractivity contribution in [1.82, 2.24) is 0 Å². The molecule has 3 aromatic rings. The Kier molecular flexibility index (Phi) is 35.2. The van der Waals surface area contributed by atoms with Crippen LogP contribution < -0.4 is 14.2 Å². The molecule has 0 saturated heterocycles. The molecule has 0 atom stereocenters. The summed E-state index contributed by atoms with van der Waals surface area (Å²) in [5.41, 5.74) is 4.70. The molecule has 0 heterocycles. The molecule has 7 nitrogen and oxygen atoms in total. The van der Waals surface area contributed by atoms with Crippen molar-refractivity contribution in [2.24, 2.45) is 0 Å². The van der Waals surface area contributed by atoms with Gasteiger partial charge in [-0.05, 0) is 88.6 Å². The van der Waals surface area contributed by atoms with E-state index in [9.17, 15) is 14.4 Å². The van der Waals surface area contributed by atoms with E-state index < -0.39 is 5.97 Å². The summed E-state index contributed by atoms with van der Waals surface area (Å²) in [6.45, 7) is 35.4. The van der Waals surface area contributed by atoms with Gasteiger partial charge < -0.3 is 19.0 Å².